The molecule has 0 saturated carbocycles. The number of carbonyl (C=O) groups is 5. The molecule has 5 aliphatic rings. The molecular weight excluding hydrogens is 789 g/mol. The smallest absolute Gasteiger partial charge is 0.337 e. The summed E-state index contributed by atoms with van der Waals surface area (Å²) in [6, 6.07) is 15.7. The third kappa shape index (κ3) is 11.8. The van der Waals surface area contributed by atoms with Crippen LogP contribution in [-0.4, -0.2) is 135 Å². The highest BCUT2D eigenvalue weighted by Gasteiger charge is 2.27. The minimum Gasteiger partial charge on any atom is -0.492 e. The van der Waals surface area contributed by atoms with Crippen molar-refractivity contribution in [3.8, 4) is 17.2 Å². The zero-order chi connectivity index (χ0) is 43.1. The Kier molecular flexibility index (Phi) is 16.0. The van der Waals surface area contributed by atoms with Gasteiger partial charge in [-0.2, -0.15) is 0 Å². The Morgan fingerprint density at radius 3 is 1.46 bits per heavy atom. The third-order valence-electron chi connectivity index (χ3n) is 11.0. The molecule has 2 fully saturated rings. The number of nitrogens with zero attached hydrogens (tertiary/aromatic N) is 4. The molecule has 3 N–H and O–H groups in total. The van der Waals surface area contributed by atoms with Crippen molar-refractivity contribution in [1.29, 1.82) is 0 Å². The topological polar surface area (TPSA) is 189 Å². The van der Waals surface area contributed by atoms with E-state index in [0.29, 0.717) is 74.2 Å². The number of nitrogens with one attached hydrogen (secondary N) is 2. The normalized spacial score (nSPS) is 17.0. The predicted octanol–water partition coefficient (Wildman–Crippen LogP) is 4.83. The summed E-state index contributed by atoms with van der Waals surface area (Å²) in [6.07, 6.45) is 6.67. The first-order valence-corrected chi connectivity index (χ1v) is 20.9. The largest absolute Gasteiger partial charge is 0.492 e. The highest BCUT2D eigenvalue weighted by molar-refractivity contribution is 5.94. The van der Waals surface area contributed by atoms with Crippen LogP contribution in [-0.2, 0) is 29.1 Å². The van der Waals surface area contributed by atoms with E-state index in [1.807, 2.05) is 26.8 Å². The number of benzene rings is 3. The van der Waals surface area contributed by atoms with Crippen LogP contribution in [0, 0.1) is 0 Å². The monoisotopic (exact) mass is 844 g/mol. The number of amides is 5. The molecule has 5 heterocycles. The molecular formula is C44H56N6O11. The van der Waals surface area contributed by atoms with Crippen molar-refractivity contribution in [2.24, 2.45) is 0 Å². The van der Waals surface area contributed by atoms with Gasteiger partial charge in [-0.25, -0.2) is 24.7 Å². The lowest BCUT2D eigenvalue weighted by atomic mass is 10.1. The van der Waals surface area contributed by atoms with Crippen LogP contribution in [0.4, 0.5) is 9.59 Å². The molecule has 0 unspecified atom stereocenters. The zero-order valence-electron chi connectivity index (χ0n) is 34.9. The molecule has 0 atom stereocenters. The van der Waals surface area contributed by atoms with Crippen LogP contribution < -0.4 is 25.0 Å². The summed E-state index contributed by atoms with van der Waals surface area (Å²) in [6.45, 7) is 8.39. The number of fused-ring (bicyclic) bond motifs is 3. The zero-order valence-corrected chi connectivity index (χ0v) is 34.9. The molecule has 5 aliphatic heterocycles. The van der Waals surface area contributed by atoms with Gasteiger partial charge in [-0.1, -0.05) is 18.2 Å². The number of hydroxylamine groups is 1. The molecule has 61 heavy (non-hydrogen) atoms. The summed E-state index contributed by atoms with van der Waals surface area (Å²) < 4.78 is 26.3. The van der Waals surface area contributed by atoms with Crippen LogP contribution >= 0.6 is 0 Å². The molecule has 17 heteroatoms. The van der Waals surface area contributed by atoms with E-state index < -0.39 is 5.91 Å². The Morgan fingerprint density at radius 1 is 0.557 bits per heavy atom. The van der Waals surface area contributed by atoms with Gasteiger partial charge < -0.3 is 48.6 Å². The first-order chi connectivity index (χ1) is 29.7. The highest BCUT2D eigenvalue weighted by Crippen LogP contribution is 2.28. The number of likely N-dealkylation sites (tertiary alicyclic amines) is 2. The second-order valence-electron chi connectivity index (χ2n) is 15.1. The van der Waals surface area contributed by atoms with Gasteiger partial charge in [-0.3, -0.25) is 10.0 Å². The van der Waals surface area contributed by atoms with Gasteiger partial charge >= 0.3 is 24.0 Å². The third-order valence-corrected chi connectivity index (χ3v) is 11.0. The Hall–Kier alpha value is -6.07. The number of ether oxygens (including phenoxy) is 5. The molecule has 0 aromatic heterocycles. The molecule has 2 saturated heterocycles. The highest BCUT2D eigenvalue weighted by atomic mass is 16.5. The van der Waals surface area contributed by atoms with Gasteiger partial charge in [0.15, 0.2) is 0 Å². The summed E-state index contributed by atoms with van der Waals surface area (Å²) >= 11 is 0. The number of hydrogen-bond donors (Lipinski definition) is 3. The van der Waals surface area contributed by atoms with Crippen LogP contribution in [0.15, 0.2) is 54.6 Å². The first kappa shape index (κ1) is 44.5. The fourth-order valence-corrected chi connectivity index (χ4v) is 7.62. The molecule has 3 aromatic carbocycles. The van der Waals surface area contributed by atoms with E-state index in [1.54, 1.807) is 52.8 Å². The van der Waals surface area contributed by atoms with Crippen molar-refractivity contribution < 1.29 is 52.9 Å². The Labute approximate surface area is 355 Å². The number of hydrogen-bond acceptors (Lipinski definition) is 12. The fraction of sp³-hybridized carbons (Fsp3) is 0.477. The minimum atomic E-state index is -0.582. The van der Waals surface area contributed by atoms with E-state index >= 15 is 0 Å². The van der Waals surface area contributed by atoms with E-state index in [4.69, 9.17) is 24.2 Å². The maximum atomic E-state index is 12.7. The van der Waals surface area contributed by atoms with Gasteiger partial charge in [0, 0.05) is 61.5 Å². The standard InChI is InChI=1S/C17H22N2O4.C16H21N3O4.C11H13NO3/c1-22-16(20)13-5-6-14-12-19(9-10-23-15(14)11-13)17(21)18-7-3-2-4-8-18;20-15(17-22)12-4-5-13-11-19(8-9-23-14(13)10-12)16(21)18-6-2-1-3-7-18;1-14-11(13)8-2-3-9-7-12-4-5-15-10(9)6-8/h5-6,11H,2-4,7-10,12H2,1H3;4-5,10,22H,1-3,6-9,11H2,(H,17,20);2-3,6,12H,4-5,7H2,1H3. The molecule has 0 spiro atoms. The van der Waals surface area contributed by atoms with E-state index in [0.717, 1.165) is 87.4 Å². The number of methoxy groups -OCH3 is 2. The van der Waals surface area contributed by atoms with Gasteiger partial charge in [0.05, 0.1) is 51.5 Å². The second kappa shape index (κ2) is 22.0. The molecule has 17 nitrogen and oxygen atoms in total. The lowest BCUT2D eigenvalue weighted by molar-refractivity contribution is 0.0591. The lowest BCUT2D eigenvalue weighted by Crippen LogP contribution is -2.45. The van der Waals surface area contributed by atoms with Gasteiger partial charge in [0.2, 0.25) is 0 Å². The Morgan fingerprint density at radius 2 is 0.984 bits per heavy atom. The SMILES string of the molecule is COC(=O)c1ccc2c(c1)OCCN(C(=O)N1CCCCC1)C2.COC(=O)c1ccc2c(c1)OCCNC2.O=C(NO)c1ccc2c(c1)OCCN(C(=O)N1CCCCC1)C2. The Bertz CT molecular complexity index is 1910. The minimum absolute atomic E-state index is 0.0540. The summed E-state index contributed by atoms with van der Waals surface area (Å²) in [5.74, 6) is 0.701. The molecule has 328 valence electrons. The average molecular weight is 845 g/mol. The number of rotatable bonds is 3. The summed E-state index contributed by atoms with van der Waals surface area (Å²) in [5.41, 5.74) is 5.77. The van der Waals surface area contributed by atoms with Crippen molar-refractivity contribution in [1.82, 2.24) is 30.4 Å². The molecule has 0 bridgehead atoms. The van der Waals surface area contributed by atoms with Gasteiger partial charge in [0.25, 0.3) is 5.91 Å². The quantitative estimate of drug-likeness (QED) is 0.185. The van der Waals surface area contributed by atoms with Crippen LogP contribution in [0.1, 0.15) is 86.3 Å². The van der Waals surface area contributed by atoms with Crippen molar-refractivity contribution in [3.63, 3.8) is 0 Å². The fourth-order valence-electron chi connectivity index (χ4n) is 7.62. The van der Waals surface area contributed by atoms with Crippen molar-refractivity contribution in [3.05, 3.63) is 88.0 Å². The maximum Gasteiger partial charge on any atom is 0.337 e. The van der Waals surface area contributed by atoms with Crippen LogP contribution in [0.2, 0.25) is 0 Å². The molecule has 0 radical (unpaired) electrons. The average Bonchev–Trinajstić information content (AvgIpc) is 3.79. The number of carbonyl (C=O) groups excluding carboxylic acids is 5. The second-order valence-corrected chi connectivity index (χ2v) is 15.1. The van der Waals surface area contributed by atoms with Crippen molar-refractivity contribution >= 4 is 29.9 Å². The van der Waals surface area contributed by atoms with Gasteiger partial charge in [-0.05, 0) is 74.9 Å². The van der Waals surface area contributed by atoms with E-state index in [2.05, 4.69) is 10.1 Å². The Balaban J connectivity index is 0.000000157. The predicted molar refractivity (Wildman–Crippen MR) is 222 cm³/mol. The first-order valence-electron chi connectivity index (χ1n) is 20.9. The van der Waals surface area contributed by atoms with Crippen LogP contribution in [0.25, 0.3) is 0 Å². The number of urea groups is 2. The van der Waals surface area contributed by atoms with Crippen LogP contribution in [0.5, 0.6) is 17.2 Å². The van der Waals surface area contributed by atoms with E-state index in [1.165, 1.54) is 27.1 Å². The summed E-state index contributed by atoms with van der Waals surface area (Å²) in [5, 5.41) is 11.9. The number of piperidine rings is 2. The summed E-state index contributed by atoms with van der Waals surface area (Å²) in [7, 11) is 2.73. The van der Waals surface area contributed by atoms with Crippen molar-refractivity contribution in [2.45, 2.75) is 58.2 Å². The molecule has 8 rings (SSSR count). The van der Waals surface area contributed by atoms with Crippen molar-refractivity contribution in [2.75, 3.05) is 79.9 Å². The molecule has 3 aromatic rings. The maximum absolute atomic E-state index is 12.7. The van der Waals surface area contributed by atoms with Gasteiger partial charge in [-0.15, -0.1) is 0 Å². The van der Waals surface area contributed by atoms with Crippen LogP contribution in [0.3, 0.4) is 0 Å². The summed E-state index contributed by atoms with van der Waals surface area (Å²) in [4.78, 5) is 67.1. The number of esters is 2. The van der Waals surface area contributed by atoms with Gasteiger partial charge in [0.1, 0.15) is 37.1 Å². The molecule has 0 aliphatic carbocycles. The molecule has 5 amide bonds. The van der Waals surface area contributed by atoms with E-state index in [9.17, 15) is 24.0 Å². The lowest BCUT2D eigenvalue weighted by Gasteiger charge is -2.32. The van der Waals surface area contributed by atoms with E-state index in [-0.39, 0.29) is 24.0 Å².